The van der Waals surface area contributed by atoms with Gasteiger partial charge in [-0.2, -0.15) is 0 Å². The summed E-state index contributed by atoms with van der Waals surface area (Å²) in [7, 11) is 0. The van der Waals surface area contributed by atoms with Crippen LogP contribution in [0.1, 0.15) is 86.0 Å². The highest BCUT2D eigenvalue weighted by Gasteiger charge is 2.50. The van der Waals surface area contributed by atoms with E-state index in [9.17, 15) is 10.2 Å². The molecular weight excluding hydrogens is 356 g/mol. The first-order valence-electron chi connectivity index (χ1n) is 12.1. The van der Waals surface area contributed by atoms with E-state index in [4.69, 9.17) is 0 Å². The Kier molecular flexibility index (Phi) is 7.49. The van der Waals surface area contributed by atoms with Crippen molar-refractivity contribution >= 4 is 0 Å². The van der Waals surface area contributed by atoms with Crippen LogP contribution in [0.5, 0.6) is 0 Å². The van der Waals surface area contributed by atoms with Crippen LogP contribution in [0.3, 0.4) is 0 Å². The number of hydrogen-bond acceptors (Lipinski definition) is 2. The predicted octanol–water partition coefficient (Wildman–Crippen LogP) is 6.45. The molecule has 2 N–H and O–H groups in total. The Balaban J connectivity index is 1.69. The Labute approximate surface area is 179 Å². The number of allylic oxidation sites excluding steroid dienone is 4. The molecule has 2 saturated carbocycles. The molecule has 29 heavy (non-hydrogen) atoms. The van der Waals surface area contributed by atoms with E-state index in [2.05, 4.69) is 52.8 Å². The van der Waals surface area contributed by atoms with Gasteiger partial charge in [0, 0.05) is 6.42 Å². The van der Waals surface area contributed by atoms with Crippen LogP contribution in [0.15, 0.2) is 35.5 Å². The lowest BCUT2D eigenvalue weighted by Crippen LogP contribution is -2.35. The van der Waals surface area contributed by atoms with Crippen LogP contribution < -0.4 is 0 Å². The summed E-state index contributed by atoms with van der Waals surface area (Å²) in [6.07, 6.45) is 17.2. The molecule has 3 aliphatic carbocycles. The van der Waals surface area contributed by atoms with Crippen molar-refractivity contribution in [1.82, 2.24) is 0 Å². The summed E-state index contributed by atoms with van der Waals surface area (Å²) in [6, 6.07) is 0. The number of hydrogen-bond donors (Lipinski definition) is 2. The molecule has 7 atom stereocenters. The molecule has 164 valence electrons. The van der Waals surface area contributed by atoms with Crippen LogP contribution in [0.4, 0.5) is 0 Å². The monoisotopic (exact) mass is 400 g/mol. The van der Waals surface area contributed by atoms with Gasteiger partial charge in [0.05, 0.1) is 12.2 Å². The zero-order chi connectivity index (χ0) is 21.2. The van der Waals surface area contributed by atoms with Gasteiger partial charge in [0.1, 0.15) is 0 Å². The van der Waals surface area contributed by atoms with Gasteiger partial charge in [-0.25, -0.2) is 0 Å². The maximum Gasteiger partial charge on any atom is 0.0748 e. The van der Waals surface area contributed by atoms with E-state index in [0.29, 0.717) is 29.6 Å². The smallest absolute Gasteiger partial charge is 0.0748 e. The quantitative estimate of drug-likeness (QED) is 0.503. The topological polar surface area (TPSA) is 40.5 Å². The van der Waals surface area contributed by atoms with E-state index < -0.39 is 6.10 Å². The normalized spacial score (nSPS) is 39.0. The fourth-order valence-corrected chi connectivity index (χ4v) is 6.38. The standard InChI is InChI=1S/C27H44O2/c1-18(2)19(3)8-9-20(4)25-12-13-26-22(7-6-14-27(25,26)5)11-10-21-15-23(28)17-24(29)16-21/h8-9,11,15,18-20,23-26,28-29H,6-7,10,12-14,16-17H2,1-5H3/b9-8+,22-11+/t19-,20+,23+,24+,25+,26-,27+/m0/s1. The van der Waals surface area contributed by atoms with Crippen LogP contribution >= 0.6 is 0 Å². The molecule has 0 saturated heterocycles. The van der Waals surface area contributed by atoms with Gasteiger partial charge in [-0.3, -0.25) is 0 Å². The summed E-state index contributed by atoms with van der Waals surface area (Å²) >= 11 is 0. The molecule has 0 spiro atoms. The van der Waals surface area contributed by atoms with Crippen molar-refractivity contribution in [2.45, 2.75) is 98.2 Å². The first kappa shape index (κ1) is 22.8. The molecule has 0 amide bonds. The third-order valence-electron chi connectivity index (χ3n) is 8.51. The molecule has 3 aliphatic rings. The Hall–Kier alpha value is -0.860. The molecule has 2 heteroatoms. The second-order valence-corrected chi connectivity index (χ2v) is 10.9. The lowest BCUT2D eigenvalue weighted by atomic mass is 9.61. The van der Waals surface area contributed by atoms with Crippen LogP contribution in [0.2, 0.25) is 0 Å². The maximum atomic E-state index is 9.97. The third-order valence-corrected chi connectivity index (χ3v) is 8.51. The molecule has 2 fully saturated rings. The second-order valence-electron chi connectivity index (χ2n) is 10.9. The van der Waals surface area contributed by atoms with Crippen molar-refractivity contribution in [3.05, 3.63) is 35.5 Å². The lowest BCUT2D eigenvalue weighted by Gasteiger charge is -2.44. The number of aliphatic hydroxyl groups excluding tert-OH is 2. The molecule has 2 nitrogen and oxygen atoms in total. The summed E-state index contributed by atoms with van der Waals surface area (Å²) in [6.45, 7) is 12.0. The zero-order valence-corrected chi connectivity index (χ0v) is 19.4. The molecular formula is C27H44O2. The van der Waals surface area contributed by atoms with Crippen molar-refractivity contribution in [1.29, 1.82) is 0 Å². The molecule has 0 aromatic carbocycles. The summed E-state index contributed by atoms with van der Waals surface area (Å²) in [5.41, 5.74) is 3.29. The first-order chi connectivity index (χ1) is 13.7. The van der Waals surface area contributed by atoms with Gasteiger partial charge < -0.3 is 10.2 Å². The predicted molar refractivity (Wildman–Crippen MR) is 123 cm³/mol. The van der Waals surface area contributed by atoms with Gasteiger partial charge in [-0.05, 0) is 80.0 Å². The largest absolute Gasteiger partial charge is 0.393 e. The van der Waals surface area contributed by atoms with E-state index in [1.54, 1.807) is 5.57 Å². The number of fused-ring (bicyclic) bond motifs is 1. The average molecular weight is 401 g/mol. The van der Waals surface area contributed by atoms with Gasteiger partial charge >= 0.3 is 0 Å². The highest BCUT2D eigenvalue weighted by molar-refractivity contribution is 5.23. The van der Waals surface area contributed by atoms with Crippen molar-refractivity contribution in [3.8, 4) is 0 Å². The van der Waals surface area contributed by atoms with Crippen LogP contribution in [0, 0.1) is 35.0 Å². The SMILES string of the molecule is CC(C)[C@@H](C)/C=C/[C@@H](C)[C@H]1CC[C@H]2/C(=C/CC3=C[C@@H](O)C[C@H](O)C3)CCC[C@]12C. The summed E-state index contributed by atoms with van der Waals surface area (Å²) in [5, 5.41) is 19.9. The number of rotatable bonds is 6. The lowest BCUT2D eigenvalue weighted by molar-refractivity contribution is 0.0931. The Morgan fingerprint density at radius 3 is 2.59 bits per heavy atom. The molecule has 0 aromatic heterocycles. The molecule has 0 aliphatic heterocycles. The van der Waals surface area contributed by atoms with E-state index in [0.717, 1.165) is 24.7 Å². The first-order valence-corrected chi connectivity index (χ1v) is 12.1. The van der Waals surface area contributed by atoms with E-state index in [1.165, 1.54) is 37.7 Å². The second kappa shape index (κ2) is 9.52. The molecule has 3 rings (SSSR count). The van der Waals surface area contributed by atoms with Crippen LogP contribution in [-0.2, 0) is 0 Å². The van der Waals surface area contributed by atoms with Crippen molar-refractivity contribution < 1.29 is 10.2 Å². The molecule has 0 aromatic rings. The summed E-state index contributed by atoms with van der Waals surface area (Å²) in [5.74, 6) is 3.51. The highest BCUT2D eigenvalue weighted by Crippen LogP contribution is 2.59. The van der Waals surface area contributed by atoms with E-state index in [1.807, 2.05) is 6.08 Å². The molecule has 0 unspecified atom stereocenters. The molecule has 0 heterocycles. The summed E-state index contributed by atoms with van der Waals surface area (Å²) in [4.78, 5) is 0. The molecule has 0 bridgehead atoms. The van der Waals surface area contributed by atoms with Crippen molar-refractivity contribution in [2.24, 2.45) is 35.0 Å². The van der Waals surface area contributed by atoms with Gasteiger partial charge in [0.15, 0.2) is 0 Å². The fraction of sp³-hybridized carbons (Fsp3) is 0.778. The van der Waals surface area contributed by atoms with E-state index >= 15 is 0 Å². The summed E-state index contributed by atoms with van der Waals surface area (Å²) < 4.78 is 0. The van der Waals surface area contributed by atoms with Crippen molar-refractivity contribution in [2.75, 3.05) is 0 Å². The maximum absolute atomic E-state index is 9.97. The van der Waals surface area contributed by atoms with Gasteiger partial charge in [0.25, 0.3) is 0 Å². The zero-order valence-electron chi connectivity index (χ0n) is 19.4. The Morgan fingerprint density at radius 1 is 1.14 bits per heavy atom. The average Bonchev–Trinajstić information content (AvgIpc) is 3.00. The molecule has 0 radical (unpaired) electrons. The minimum absolute atomic E-state index is 0.378. The Bertz CT molecular complexity index is 643. The highest BCUT2D eigenvalue weighted by atomic mass is 16.3. The van der Waals surface area contributed by atoms with Crippen LogP contribution in [0.25, 0.3) is 0 Å². The van der Waals surface area contributed by atoms with Gasteiger partial charge in [-0.1, -0.05) is 70.1 Å². The van der Waals surface area contributed by atoms with E-state index in [-0.39, 0.29) is 6.10 Å². The van der Waals surface area contributed by atoms with Crippen molar-refractivity contribution in [3.63, 3.8) is 0 Å². The minimum atomic E-state index is -0.472. The fourth-order valence-electron chi connectivity index (χ4n) is 6.38. The Morgan fingerprint density at radius 2 is 1.90 bits per heavy atom. The minimum Gasteiger partial charge on any atom is -0.393 e. The van der Waals surface area contributed by atoms with Gasteiger partial charge in [-0.15, -0.1) is 0 Å². The van der Waals surface area contributed by atoms with Crippen LogP contribution in [-0.4, -0.2) is 22.4 Å². The number of aliphatic hydroxyl groups is 2. The third kappa shape index (κ3) is 5.25. The van der Waals surface area contributed by atoms with Gasteiger partial charge in [0.2, 0.25) is 0 Å².